The summed E-state index contributed by atoms with van der Waals surface area (Å²) in [4.78, 5) is 24.5. The van der Waals surface area contributed by atoms with Gasteiger partial charge in [-0.2, -0.15) is 0 Å². The summed E-state index contributed by atoms with van der Waals surface area (Å²) in [6.07, 6.45) is 7.86. The predicted molar refractivity (Wildman–Crippen MR) is 112 cm³/mol. The molecule has 1 aromatic heterocycles. The Hall–Kier alpha value is -2.28. The van der Waals surface area contributed by atoms with Crippen LogP contribution in [0, 0.1) is 24.7 Å². The van der Waals surface area contributed by atoms with Gasteiger partial charge in [-0.15, -0.1) is 10.2 Å². The number of nitrogens with one attached hydrogen (secondary N) is 2. The molecule has 2 aromatic rings. The highest BCUT2D eigenvalue weighted by molar-refractivity contribution is 7.15. The van der Waals surface area contributed by atoms with Gasteiger partial charge >= 0.3 is 0 Å². The first kappa shape index (κ1) is 18.7. The lowest BCUT2D eigenvalue weighted by Gasteiger charge is -2.55. The van der Waals surface area contributed by atoms with Crippen molar-refractivity contribution in [2.24, 2.45) is 17.8 Å². The monoisotopic (exact) mass is 410 g/mol. The standard InChI is InChI=1S/C22H26N4O2S/c1-13-3-2-4-17(5-13)19(28)23-12-18(27)24-21-26-25-20(29-21)22-9-14-6-15(10-22)8-16(7-14)11-22/h2-5,14-16H,6-12H2,1H3,(H,23,28)(H,24,26,27). The minimum absolute atomic E-state index is 0.0843. The van der Waals surface area contributed by atoms with Gasteiger partial charge in [0, 0.05) is 11.0 Å². The second-order valence-corrected chi connectivity index (χ2v) is 10.2. The topological polar surface area (TPSA) is 84.0 Å². The predicted octanol–water partition coefficient (Wildman–Crippen LogP) is 3.68. The molecule has 6 nitrogen and oxygen atoms in total. The summed E-state index contributed by atoms with van der Waals surface area (Å²) in [6, 6.07) is 7.30. The second-order valence-electron chi connectivity index (χ2n) is 9.21. The van der Waals surface area contributed by atoms with Crippen molar-refractivity contribution in [1.82, 2.24) is 15.5 Å². The third-order valence-corrected chi connectivity index (χ3v) is 7.94. The maximum absolute atomic E-state index is 12.3. The Morgan fingerprint density at radius 1 is 1.10 bits per heavy atom. The van der Waals surface area contributed by atoms with Gasteiger partial charge < -0.3 is 5.32 Å². The van der Waals surface area contributed by atoms with E-state index in [2.05, 4.69) is 20.8 Å². The Morgan fingerprint density at radius 2 is 1.79 bits per heavy atom. The number of nitrogens with zero attached hydrogens (tertiary/aromatic N) is 2. The first-order valence-corrected chi connectivity index (χ1v) is 11.3. The lowest BCUT2D eigenvalue weighted by molar-refractivity contribution is -0.115. The number of carbonyl (C=O) groups is 2. The number of amides is 2. The van der Waals surface area contributed by atoms with Crippen LogP contribution < -0.4 is 10.6 Å². The van der Waals surface area contributed by atoms with E-state index < -0.39 is 0 Å². The van der Waals surface area contributed by atoms with Crippen LogP contribution in [0.2, 0.25) is 0 Å². The molecule has 0 radical (unpaired) electrons. The Balaban J connectivity index is 1.19. The van der Waals surface area contributed by atoms with E-state index in [1.165, 1.54) is 49.9 Å². The number of aryl methyl sites for hydroxylation is 1. The zero-order valence-corrected chi connectivity index (χ0v) is 17.4. The molecule has 29 heavy (non-hydrogen) atoms. The highest BCUT2D eigenvalue weighted by Crippen LogP contribution is 2.61. The van der Waals surface area contributed by atoms with Crippen molar-refractivity contribution < 1.29 is 9.59 Å². The molecule has 0 saturated heterocycles. The molecule has 4 fully saturated rings. The molecule has 0 spiro atoms. The fraction of sp³-hybridized carbons (Fsp3) is 0.545. The van der Waals surface area contributed by atoms with E-state index in [9.17, 15) is 9.59 Å². The normalized spacial score (nSPS) is 29.6. The van der Waals surface area contributed by atoms with Crippen LogP contribution in [0.4, 0.5) is 5.13 Å². The summed E-state index contributed by atoms with van der Waals surface area (Å²) in [7, 11) is 0. The molecule has 4 saturated carbocycles. The maximum Gasteiger partial charge on any atom is 0.251 e. The number of aromatic nitrogens is 2. The Kier molecular flexibility index (Phi) is 4.65. The number of benzene rings is 1. The SMILES string of the molecule is Cc1cccc(C(=O)NCC(=O)Nc2nnc(C34CC5CC(CC(C5)C3)C4)s2)c1. The largest absolute Gasteiger partial charge is 0.343 e. The van der Waals surface area contributed by atoms with E-state index in [0.717, 1.165) is 28.3 Å². The van der Waals surface area contributed by atoms with Crippen LogP contribution in [-0.4, -0.2) is 28.6 Å². The van der Waals surface area contributed by atoms with Crippen molar-refractivity contribution in [2.75, 3.05) is 11.9 Å². The average molecular weight is 411 g/mol. The number of rotatable bonds is 5. The molecule has 4 aliphatic carbocycles. The van der Waals surface area contributed by atoms with Gasteiger partial charge in [-0.3, -0.25) is 14.9 Å². The molecular weight excluding hydrogens is 384 g/mol. The Bertz CT molecular complexity index is 919. The van der Waals surface area contributed by atoms with E-state index >= 15 is 0 Å². The minimum Gasteiger partial charge on any atom is -0.343 e. The fourth-order valence-electron chi connectivity index (χ4n) is 6.07. The van der Waals surface area contributed by atoms with Crippen LogP contribution in [0.3, 0.4) is 0 Å². The van der Waals surface area contributed by atoms with Gasteiger partial charge in [-0.1, -0.05) is 29.0 Å². The van der Waals surface area contributed by atoms with Crippen LogP contribution in [-0.2, 0) is 10.2 Å². The first-order valence-electron chi connectivity index (χ1n) is 10.5. The van der Waals surface area contributed by atoms with Crippen molar-refractivity contribution in [3.8, 4) is 0 Å². The molecule has 0 aliphatic heterocycles. The number of carbonyl (C=O) groups excluding carboxylic acids is 2. The van der Waals surface area contributed by atoms with Gasteiger partial charge in [-0.05, 0) is 75.3 Å². The Labute approximate surface area is 174 Å². The molecule has 1 heterocycles. The zero-order valence-electron chi connectivity index (χ0n) is 16.6. The van der Waals surface area contributed by atoms with Gasteiger partial charge in [0.25, 0.3) is 5.91 Å². The zero-order chi connectivity index (χ0) is 20.0. The number of hydrogen-bond donors (Lipinski definition) is 2. The second kappa shape index (κ2) is 7.20. The van der Waals surface area contributed by atoms with Gasteiger partial charge in [0.2, 0.25) is 11.0 Å². The van der Waals surface area contributed by atoms with Gasteiger partial charge in [0.1, 0.15) is 5.01 Å². The lowest BCUT2D eigenvalue weighted by atomic mass is 9.50. The van der Waals surface area contributed by atoms with Crippen LogP contribution in [0.15, 0.2) is 24.3 Å². The van der Waals surface area contributed by atoms with E-state index in [1.807, 2.05) is 19.1 Å². The molecule has 0 unspecified atom stereocenters. The van der Waals surface area contributed by atoms with E-state index in [1.54, 1.807) is 12.1 Å². The third-order valence-electron chi connectivity index (χ3n) is 6.85. The Morgan fingerprint density at radius 3 is 2.45 bits per heavy atom. The van der Waals surface area contributed by atoms with Crippen LogP contribution in [0.25, 0.3) is 0 Å². The molecule has 0 atom stereocenters. The van der Waals surface area contributed by atoms with E-state index in [0.29, 0.717) is 10.7 Å². The molecule has 4 bridgehead atoms. The third kappa shape index (κ3) is 3.68. The molecule has 2 amide bonds. The van der Waals surface area contributed by atoms with Gasteiger partial charge in [-0.25, -0.2) is 0 Å². The van der Waals surface area contributed by atoms with E-state index in [4.69, 9.17) is 0 Å². The quantitative estimate of drug-likeness (QED) is 0.787. The van der Waals surface area contributed by atoms with Crippen LogP contribution in [0.5, 0.6) is 0 Å². The van der Waals surface area contributed by atoms with E-state index in [-0.39, 0.29) is 23.8 Å². The molecule has 4 aliphatic rings. The van der Waals surface area contributed by atoms with Gasteiger partial charge in [0.15, 0.2) is 0 Å². The molecule has 2 N–H and O–H groups in total. The average Bonchev–Trinajstić information content (AvgIpc) is 3.14. The summed E-state index contributed by atoms with van der Waals surface area (Å²) >= 11 is 1.52. The highest BCUT2D eigenvalue weighted by atomic mass is 32.1. The summed E-state index contributed by atoms with van der Waals surface area (Å²) in [5, 5.41) is 15.8. The molecule has 1 aromatic carbocycles. The van der Waals surface area contributed by atoms with Crippen molar-refractivity contribution in [3.05, 3.63) is 40.4 Å². The minimum atomic E-state index is -0.279. The summed E-state index contributed by atoms with van der Waals surface area (Å²) in [5.74, 6) is 2.01. The molecular formula is C22H26N4O2S. The highest BCUT2D eigenvalue weighted by Gasteiger charge is 2.53. The maximum atomic E-state index is 12.3. The molecule has 6 rings (SSSR count). The van der Waals surface area contributed by atoms with Gasteiger partial charge in [0.05, 0.1) is 6.54 Å². The smallest absolute Gasteiger partial charge is 0.251 e. The number of hydrogen-bond acceptors (Lipinski definition) is 5. The van der Waals surface area contributed by atoms with Crippen molar-refractivity contribution in [3.63, 3.8) is 0 Å². The summed E-state index contributed by atoms with van der Waals surface area (Å²) < 4.78 is 0. The lowest BCUT2D eigenvalue weighted by Crippen LogP contribution is -2.48. The first-order chi connectivity index (χ1) is 14.0. The molecule has 7 heteroatoms. The molecule has 152 valence electrons. The van der Waals surface area contributed by atoms with Crippen molar-refractivity contribution in [1.29, 1.82) is 0 Å². The number of anilines is 1. The van der Waals surface area contributed by atoms with Crippen LogP contribution >= 0.6 is 11.3 Å². The van der Waals surface area contributed by atoms with Crippen molar-refractivity contribution >= 4 is 28.3 Å². The van der Waals surface area contributed by atoms with Crippen molar-refractivity contribution in [2.45, 2.75) is 50.9 Å². The summed E-state index contributed by atoms with van der Waals surface area (Å²) in [5.41, 5.74) is 1.75. The van der Waals surface area contributed by atoms with Crippen LogP contribution in [0.1, 0.15) is 59.5 Å². The fourth-order valence-corrected chi connectivity index (χ4v) is 7.05. The summed E-state index contributed by atoms with van der Waals surface area (Å²) in [6.45, 7) is 1.85.